The molecule has 1 aliphatic heterocycles. The molecule has 8 nitrogen and oxygen atoms in total. The largest absolute Gasteiger partial charge is 0.339 e. The predicted octanol–water partition coefficient (Wildman–Crippen LogP) is 5.27. The quantitative estimate of drug-likeness (QED) is 0.415. The van der Waals surface area contributed by atoms with Gasteiger partial charge in [-0.15, -0.1) is 0 Å². The van der Waals surface area contributed by atoms with Crippen LogP contribution in [0.3, 0.4) is 0 Å². The van der Waals surface area contributed by atoms with Crippen LogP contribution < -0.4 is 5.32 Å². The molecule has 0 aliphatic carbocycles. The van der Waals surface area contributed by atoms with E-state index < -0.39 is 0 Å². The molecule has 4 heterocycles. The van der Waals surface area contributed by atoms with E-state index >= 15 is 0 Å². The summed E-state index contributed by atoms with van der Waals surface area (Å²) in [5.41, 5.74) is 4.07. The number of nitrogens with zero attached hydrogens (tertiary/aromatic N) is 6. The molecule has 1 fully saturated rings. The monoisotopic (exact) mass is 445 g/mol. The first-order valence-electron chi connectivity index (χ1n) is 11.9. The SMILES string of the molecule is CCC1CCN(Cc2ccn3ncnc(Nc4cccc(-c5noc(C(C)C)n5)c4)c23)CC1. The molecule has 33 heavy (non-hydrogen) atoms. The van der Waals surface area contributed by atoms with Crippen molar-refractivity contribution in [2.24, 2.45) is 5.92 Å². The van der Waals surface area contributed by atoms with Gasteiger partial charge in [-0.2, -0.15) is 10.1 Å². The van der Waals surface area contributed by atoms with Crippen molar-refractivity contribution < 1.29 is 4.52 Å². The number of benzene rings is 1. The van der Waals surface area contributed by atoms with Gasteiger partial charge in [0.1, 0.15) is 11.8 Å². The average Bonchev–Trinajstić information content (AvgIpc) is 3.49. The van der Waals surface area contributed by atoms with Gasteiger partial charge in [-0.05, 0) is 55.6 Å². The molecule has 1 saturated heterocycles. The Kier molecular flexibility index (Phi) is 6.09. The number of likely N-dealkylation sites (tertiary alicyclic amines) is 1. The molecular weight excluding hydrogens is 414 g/mol. The van der Waals surface area contributed by atoms with Crippen molar-refractivity contribution in [1.82, 2.24) is 29.6 Å². The zero-order chi connectivity index (χ0) is 22.8. The number of fused-ring (bicyclic) bond motifs is 1. The van der Waals surface area contributed by atoms with Crippen molar-refractivity contribution in [1.29, 1.82) is 0 Å². The molecule has 172 valence electrons. The maximum absolute atomic E-state index is 5.38. The van der Waals surface area contributed by atoms with E-state index in [9.17, 15) is 0 Å². The van der Waals surface area contributed by atoms with Gasteiger partial charge < -0.3 is 9.84 Å². The van der Waals surface area contributed by atoms with Gasteiger partial charge in [-0.3, -0.25) is 4.90 Å². The van der Waals surface area contributed by atoms with Gasteiger partial charge in [-0.25, -0.2) is 9.50 Å². The van der Waals surface area contributed by atoms with E-state index in [1.165, 1.54) is 24.8 Å². The van der Waals surface area contributed by atoms with Crippen molar-refractivity contribution >= 4 is 17.0 Å². The highest BCUT2D eigenvalue weighted by molar-refractivity contribution is 5.77. The highest BCUT2D eigenvalue weighted by atomic mass is 16.5. The summed E-state index contributed by atoms with van der Waals surface area (Å²) in [6.45, 7) is 9.59. The van der Waals surface area contributed by atoms with Crippen LogP contribution in [-0.2, 0) is 6.54 Å². The fraction of sp³-hybridized carbons (Fsp3) is 0.440. The molecule has 0 amide bonds. The number of anilines is 2. The number of nitrogens with one attached hydrogen (secondary N) is 1. The molecule has 0 atom stereocenters. The number of piperidine rings is 1. The van der Waals surface area contributed by atoms with Crippen LogP contribution in [0.2, 0.25) is 0 Å². The third-order valence-electron chi connectivity index (χ3n) is 6.53. The summed E-state index contributed by atoms with van der Waals surface area (Å²) in [5.74, 6) is 3.09. The highest BCUT2D eigenvalue weighted by Crippen LogP contribution is 2.28. The summed E-state index contributed by atoms with van der Waals surface area (Å²) in [7, 11) is 0. The third-order valence-corrected chi connectivity index (χ3v) is 6.53. The Labute approximate surface area is 194 Å². The molecule has 0 spiro atoms. The Morgan fingerprint density at radius 1 is 1.18 bits per heavy atom. The van der Waals surface area contributed by atoms with Crippen LogP contribution in [0.25, 0.3) is 16.9 Å². The number of hydrogen-bond donors (Lipinski definition) is 1. The van der Waals surface area contributed by atoms with Crippen molar-refractivity contribution in [3.8, 4) is 11.4 Å². The van der Waals surface area contributed by atoms with Gasteiger partial charge in [0.25, 0.3) is 0 Å². The van der Waals surface area contributed by atoms with Gasteiger partial charge in [0.2, 0.25) is 11.7 Å². The molecule has 3 aromatic heterocycles. The summed E-state index contributed by atoms with van der Waals surface area (Å²) < 4.78 is 7.28. The lowest BCUT2D eigenvalue weighted by atomic mass is 9.94. The molecule has 0 saturated carbocycles. The van der Waals surface area contributed by atoms with Crippen LogP contribution in [0.1, 0.15) is 57.4 Å². The minimum Gasteiger partial charge on any atom is -0.339 e. The second-order valence-corrected chi connectivity index (χ2v) is 9.19. The summed E-state index contributed by atoms with van der Waals surface area (Å²) in [6.07, 6.45) is 7.45. The number of aromatic nitrogens is 5. The second kappa shape index (κ2) is 9.31. The van der Waals surface area contributed by atoms with Crippen molar-refractivity contribution in [3.05, 3.63) is 54.3 Å². The van der Waals surface area contributed by atoms with Gasteiger partial charge in [0, 0.05) is 29.9 Å². The molecule has 0 bridgehead atoms. The Morgan fingerprint density at radius 2 is 2.03 bits per heavy atom. The van der Waals surface area contributed by atoms with Gasteiger partial charge in [0.15, 0.2) is 5.82 Å². The van der Waals surface area contributed by atoms with E-state index in [0.717, 1.165) is 48.1 Å². The summed E-state index contributed by atoms with van der Waals surface area (Å²) in [6, 6.07) is 10.2. The van der Waals surface area contributed by atoms with Gasteiger partial charge in [0.05, 0.1) is 0 Å². The van der Waals surface area contributed by atoms with Crippen LogP contribution in [0.5, 0.6) is 0 Å². The molecule has 4 aromatic rings. The normalized spacial score (nSPS) is 15.5. The maximum atomic E-state index is 5.38. The summed E-state index contributed by atoms with van der Waals surface area (Å²) in [5, 5.41) is 12.1. The van der Waals surface area contributed by atoms with E-state index in [1.54, 1.807) is 6.33 Å². The molecule has 1 aliphatic rings. The molecule has 1 N–H and O–H groups in total. The van der Waals surface area contributed by atoms with Crippen LogP contribution >= 0.6 is 0 Å². The third kappa shape index (κ3) is 4.61. The smallest absolute Gasteiger partial charge is 0.229 e. The predicted molar refractivity (Wildman–Crippen MR) is 128 cm³/mol. The molecule has 8 heteroatoms. The first-order valence-corrected chi connectivity index (χ1v) is 11.9. The van der Waals surface area contributed by atoms with Crippen LogP contribution in [-0.4, -0.2) is 42.7 Å². The fourth-order valence-corrected chi connectivity index (χ4v) is 4.49. The lowest BCUT2D eigenvalue weighted by molar-refractivity contribution is 0.175. The molecule has 5 rings (SSSR count). The summed E-state index contributed by atoms with van der Waals surface area (Å²) in [4.78, 5) is 11.6. The zero-order valence-corrected chi connectivity index (χ0v) is 19.5. The van der Waals surface area contributed by atoms with E-state index in [4.69, 9.17) is 4.52 Å². The molecule has 0 unspecified atom stereocenters. The number of hydrogen-bond acceptors (Lipinski definition) is 7. The Balaban J connectivity index is 1.39. The lowest BCUT2D eigenvalue weighted by Crippen LogP contribution is -2.33. The first-order chi connectivity index (χ1) is 16.1. The zero-order valence-electron chi connectivity index (χ0n) is 19.5. The second-order valence-electron chi connectivity index (χ2n) is 9.19. The highest BCUT2D eigenvalue weighted by Gasteiger charge is 2.20. The van der Waals surface area contributed by atoms with Gasteiger partial charge in [-0.1, -0.05) is 44.5 Å². The first kappa shape index (κ1) is 21.6. The van der Waals surface area contributed by atoms with E-state index in [-0.39, 0.29) is 5.92 Å². The van der Waals surface area contributed by atoms with Crippen molar-refractivity contribution in [2.45, 2.75) is 52.5 Å². The minimum absolute atomic E-state index is 0.197. The number of rotatable bonds is 7. The average molecular weight is 446 g/mol. The maximum Gasteiger partial charge on any atom is 0.229 e. The molecule has 0 radical (unpaired) electrons. The standard InChI is InChI=1S/C25H31N7O/c1-4-18-8-11-31(12-9-18)15-20-10-13-32-22(20)24(26-16-27-32)28-21-7-5-6-19(14-21)23-29-25(17(2)3)33-30-23/h5-7,10,13-14,16-18H,4,8-9,11-12,15H2,1-3H3,(H,26,27,28). The van der Waals surface area contributed by atoms with Crippen LogP contribution in [0.4, 0.5) is 11.5 Å². The van der Waals surface area contributed by atoms with Crippen molar-refractivity contribution in [3.63, 3.8) is 0 Å². The Hall–Kier alpha value is -3.26. The lowest BCUT2D eigenvalue weighted by Gasteiger charge is -2.31. The molecular formula is C25H31N7O. The minimum atomic E-state index is 0.197. The Morgan fingerprint density at radius 3 is 2.79 bits per heavy atom. The van der Waals surface area contributed by atoms with Gasteiger partial charge >= 0.3 is 0 Å². The van der Waals surface area contributed by atoms with Crippen LogP contribution in [0.15, 0.2) is 47.4 Å². The fourth-order valence-electron chi connectivity index (χ4n) is 4.49. The Bertz CT molecular complexity index is 1220. The van der Waals surface area contributed by atoms with Crippen LogP contribution in [0, 0.1) is 5.92 Å². The molecule has 1 aromatic carbocycles. The van der Waals surface area contributed by atoms with E-state index in [2.05, 4.69) is 43.4 Å². The topological polar surface area (TPSA) is 84.4 Å². The van der Waals surface area contributed by atoms with Crippen molar-refractivity contribution in [2.75, 3.05) is 18.4 Å². The van der Waals surface area contributed by atoms with E-state index in [1.807, 2.05) is 48.8 Å². The van der Waals surface area contributed by atoms with E-state index in [0.29, 0.717) is 11.7 Å². The summed E-state index contributed by atoms with van der Waals surface area (Å²) >= 11 is 0.